The molecule has 3 unspecified atom stereocenters. The molecule has 0 radical (unpaired) electrons. The highest BCUT2D eigenvalue weighted by molar-refractivity contribution is 5.93. The van der Waals surface area contributed by atoms with Crippen LogP contribution in [0.2, 0.25) is 0 Å². The molecule has 0 amide bonds. The van der Waals surface area contributed by atoms with Gasteiger partial charge in [0.15, 0.2) is 5.72 Å². The second-order valence-electron chi connectivity index (χ2n) is 10.9. The predicted octanol–water partition coefficient (Wildman–Crippen LogP) is 5.72. The van der Waals surface area contributed by atoms with Crippen molar-refractivity contribution in [2.45, 2.75) is 57.3 Å². The number of amidine groups is 1. The second-order valence-corrected chi connectivity index (χ2v) is 10.9. The van der Waals surface area contributed by atoms with Gasteiger partial charge >= 0.3 is 0 Å². The Morgan fingerprint density at radius 3 is 2.66 bits per heavy atom. The summed E-state index contributed by atoms with van der Waals surface area (Å²) in [7, 11) is 0. The molecule has 2 saturated heterocycles. The summed E-state index contributed by atoms with van der Waals surface area (Å²) in [6.07, 6.45) is 10.9. The summed E-state index contributed by atoms with van der Waals surface area (Å²) in [5, 5.41) is 7.38. The lowest BCUT2D eigenvalue weighted by Crippen LogP contribution is -2.41. The van der Waals surface area contributed by atoms with E-state index in [4.69, 9.17) is 9.73 Å². The van der Waals surface area contributed by atoms with E-state index in [1.807, 2.05) is 0 Å². The Kier molecular flexibility index (Phi) is 7.80. The molecular formula is C32H39ClN4O. The van der Waals surface area contributed by atoms with Gasteiger partial charge in [-0.15, -0.1) is 12.4 Å². The largest absolute Gasteiger partial charge is 0.375 e. The van der Waals surface area contributed by atoms with E-state index >= 15 is 0 Å². The number of likely N-dealkylation sites (tertiary alicyclic amines) is 1. The highest BCUT2D eigenvalue weighted by atomic mass is 35.5. The molecule has 2 aromatic carbocycles. The van der Waals surface area contributed by atoms with Crippen LogP contribution in [0.1, 0.15) is 48.4 Å². The number of ether oxygens (including phenoxy) is 1. The van der Waals surface area contributed by atoms with Crippen molar-refractivity contribution in [2.24, 2.45) is 10.9 Å². The summed E-state index contributed by atoms with van der Waals surface area (Å²) >= 11 is 0. The molecule has 1 aliphatic carbocycles. The molecule has 3 aliphatic heterocycles. The number of rotatable bonds is 9. The van der Waals surface area contributed by atoms with Gasteiger partial charge in [-0.3, -0.25) is 9.89 Å². The van der Waals surface area contributed by atoms with E-state index in [-0.39, 0.29) is 30.2 Å². The van der Waals surface area contributed by atoms with Crippen LogP contribution < -0.4 is 10.6 Å². The van der Waals surface area contributed by atoms with Crippen LogP contribution in [-0.2, 0) is 16.9 Å². The monoisotopic (exact) mass is 530 g/mol. The number of nitrogens with zero attached hydrogens (tertiary/aromatic N) is 2. The molecule has 0 aromatic heterocycles. The Balaban J connectivity index is 0.00000294. The molecule has 2 aromatic rings. The van der Waals surface area contributed by atoms with Crippen LogP contribution >= 0.6 is 12.4 Å². The van der Waals surface area contributed by atoms with Gasteiger partial charge in [0.2, 0.25) is 0 Å². The van der Waals surface area contributed by atoms with Gasteiger partial charge in [0, 0.05) is 36.0 Å². The minimum atomic E-state index is -0.205. The van der Waals surface area contributed by atoms with Gasteiger partial charge in [-0.25, -0.2) is 0 Å². The van der Waals surface area contributed by atoms with Gasteiger partial charge in [0.25, 0.3) is 0 Å². The topological polar surface area (TPSA) is 52.2 Å². The third-order valence-corrected chi connectivity index (χ3v) is 8.33. The smallest absolute Gasteiger partial charge is 0.171 e. The standard InChI is InChI=1S/C32H38N4O.ClH/c1-22-10-9-13-28-30(22)35-31(34-28)29(17-14-25-11-5-4-6-12-25)33-24(3)26-15-16-27(23(2)20-26)32(21-37-32)36-18-7-8-19-36;/h4-6,9-13,15-16,20,22,29-30,33H,3,7-8,14,17-19,21H2,1-2H3,(H,34,35);1H/t22?,29-,30?,32?;/m0./s1. The minimum Gasteiger partial charge on any atom is -0.375 e. The minimum absolute atomic E-state index is 0. The highest BCUT2D eigenvalue weighted by Crippen LogP contribution is 2.45. The van der Waals surface area contributed by atoms with Crippen LogP contribution in [-0.4, -0.2) is 42.5 Å². The van der Waals surface area contributed by atoms with Crippen molar-refractivity contribution < 1.29 is 4.74 Å². The summed E-state index contributed by atoms with van der Waals surface area (Å²) < 4.78 is 6.06. The number of hydrogen-bond donors (Lipinski definition) is 2. The maximum Gasteiger partial charge on any atom is 0.171 e. The van der Waals surface area contributed by atoms with E-state index in [9.17, 15) is 0 Å². The van der Waals surface area contributed by atoms with Crippen molar-refractivity contribution >= 4 is 23.9 Å². The van der Waals surface area contributed by atoms with Gasteiger partial charge in [-0.1, -0.05) is 68.1 Å². The Morgan fingerprint density at radius 1 is 1.21 bits per heavy atom. The fraction of sp³-hybridized carbons (Fsp3) is 0.406. The van der Waals surface area contributed by atoms with Crippen molar-refractivity contribution in [3.63, 3.8) is 0 Å². The van der Waals surface area contributed by atoms with E-state index in [0.717, 1.165) is 49.6 Å². The maximum atomic E-state index is 6.06. The lowest BCUT2D eigenvalue weighted by atomic mass is 9.95. The Hall–Kier alpha value is -2.86. The molecule has 2 fully saturated rings. The second kappa shape index (κ2) is 11.1. The summed E-state index contributed by atoms with van der Waals surface area (Å²) in [5.41, 5.74) is 6.93. The van der Waals surface area contributed by atoms with Crippen LogP contribution in [0.25, 0.3) is 5.70 Å². The molecular weight excluding hydrogens is 492 g/mol. The maximum absolute atomic E-state index is 6.06. The molecule has 3 heterocycles. The third-order valence-electron chi connectivity index (χ3n) is 8.33. The van der Waals surface area contributed by atoms with Crippen molar-refractivity contribution in [3.05, 3.63) is 101 Å². The first-order chi connectivity index (χ1) is 18.0. The van der Waals surface area contributed by atoms with Crippen molar-refractivity contribution in [1.82, 2.24) is 15.5 Å². The number of allylic oxidation sites excluding steroid dienone is 2. The summed E-state index contributed by atoms with van der Waals surface area (Å²) in [6, 6.07) is 17.6. The SMILES string of the molecule is C=C(N[C@@H](CCc1ccccc1)C1=NC2C(=CC=CC2C)N1)c1ccc(C2(N3CCCC3)CO2)c(C)c1.Cl. The van der Waals surface area contributed by atoms with Gasteiger partial charge in [-0.05, 0) is 61.4 Å². The molecule has 6 rings (SSSR count). The zero-order valence-corrected chi connectivity index (χ0v) is 23.3. The highest BCUT2D eigenvalue weighted by Gasteiger charge is 2.53. The zero-order valence-electron chi connectivity index (χ0n) is 22.5. The number of halogens is 1. The van der Waals surface area contributed by atoms with Crippen molar-refractivity contribution in [3.8, 4) is 0 Å². The van der Waals surface area contributed by atoms with Crippen LogP contribution in [0.15, 0.2) is 84.0 Å². The van der Waals surface area contributed by atoms with Crippen LogP contribution in [0.5, 0.6) is 0 Å². The number of aliphatic imine (C=N–C) groups is 1. The summed E-state index contributed by atoms with van der Waals surface area (Å²) in [6.45, 7) is 11.9. The summed E-state index contributed by atoms with van der Waals surface area (Å²) in [4.78, 5) is 7.64. The molecule has 0 spiro atoms. The molecule has 200 valence electrons. The lowest BCUT2D eigenvalue weighted by molar-refractivity contribution is 0.101. The Morgan fingerprint density at radius 2 is 1.97 bits per heavy atom. The van der Waals surface area contributed by atoms with Crippen LogP contribution in [0, 0.1) is 12.8 Å². The average Bonchev–Trinajstić information content (AvgIpc) is 3.30. The number of aryl methyl sites for hydroxylation is 2. The van der Waals surface area contributed by atoms with Crippen LogP contribution in [0.4, 0.5) is 0 Å². The lowest BCUT2D eigenvalue weighted by Gasteiger charge is -2.26. The third kappa shape index (κ3) is 5.20. The van der Waals surface area contributed by atoms with Crippen molar-refractivity contribution in [2.75, 3.05) is 19.7 Å². The Bertz CT molecular complexity index is 1260. The fourth-order valence-corrected chi connectivity index (χ4v) is 6.10. The molecule has 5 nitrogen and oxygen atoms in total. The fourth-order valence-electron chi connectivity index (χ4n) is 6.10. The first-order valence-corrected chi connectivity index (χ1v) is 13.8. The predicted molar refractivity (Wildman–Crippen MR) is 158 cm³/mol. The number of benzene rings is 2. The van der Waals surface area contributed by atoms with Gasteiger partial charge in [-0.2, -0.15) is 0 Å². The molecule has 6 heteroatoms. The van der Waals surface area contributed by atoms with E-state index in [0.29, 0.717) is 5.92 Å². The molecule has 4 atom stereocenters. The average molecular weight is 531 g/mol. The molecule has 4 aliphatic rings. The van der Waals surface area contributed by atoms with E-state index < -0.39 is 0 Å². The molecule has 2 N–H and O–H groups in total. The normalized spacial score (nSPS) is 26.5. The number of nitrogens with one attached hydrogen (secondary N) is 2. The molecule has 0 saturated carbocycles. The quantitative estimate of drug-likeness (QED) is 0.407. The van der Waals surface area contributed by atoms with Crippen LogP contribution in [0.3, 0.4) is 0 Å². The van der Waals surface area contributed by atoms with E-state index in [1.165, 1.54) is 35.2 Å². The van der Waals surface area contributed by atoms with E-state index in [2.05, 4.69) is 103 Å². The van der Waals surface area contributed by atoms with Gasteiger partial charge in [0.05, 0.1) is 18.7 Å². The first-order valence-electron chi connectivity index (χ1n) is 13.8. The number of fused-ring (bicyclic) bond motifs is 1. The van der Waals surface area contributed by atoms with Crippen molar-refractivity contribution in [1.29, 1.82) is 0 Å². The van der Waals surface area contributed by atoms with Gasteiger partial charge in [0.1, 0.15) is 5.84 Å². The first kappa shape index (κ1) is 26.7. The molecule has 0 bridgehead atoms. The summed E-state index contributed by atoms with van der Waals surface area (Å²) in [5.74, 6) is 1.40. The van der Waals surface area contributed by atoms with Gasteiger partial charge < -0.3 is 15.4 Å². The van der Waals surface area contributed by atoms with E-state index in [1.54, 1.807) is 0 Å². The Labute approximate surface area is 233 Å². The number of hydrogen-bond acceptors (Lipinski definition) is 5. The number of epoxide rings is 1. The molecule has 38 heavy (non-hydrogen) atoms. The zero-order chi connectivity index (χ0) is 25.4.